The molecule has 3 heterocycles. The number of hydrogen-bond acceptors (Lipinski definition) is 5. The molecule has 5 heteroatoms. The first kappa shape index (κ1) is 16.0. The lowest BCUT2D eigenvalue weighted by Gasteiger charge is -2.17. The molecule has 1 aromatic carbocycles. The van der Waals surface area contributed by atoms with Crippen molar-refractivity contribution in [2.75, 3.05) is 18.0 Å². The first-order chi connectivity index (χ1) is 12.2. The number of β-amino-alcohol motifs (C(OH)–C–C–N with tert-alkyl or cyclic N) is 1. The highest BCUT2D eigenvalue weighted by molar-refractivity contribution is 5.78. The minimum absolute atomic E-state index is 0.00362. The number of para-hydroxylation sites is 1. The Morgan fingerprint density at radius 2 is 1.96 bits per heavy atom. The number of aromatic nitrogens is 2. The SMILES string of the molecule is OCc1ccnc(N2C[C@@H](Cc3ccc4ccccc4n3)[C@H](O)C2)c1. The quantitative estimate of drug-likeness (QED) is 0.765. The molecule has 5 nitrogen and oxygen atoms in total. The molecule has 1 aliphatic rings. The molecule has 0 spiro atoms. The van der Waals surface area contributed by atoms with Gasteiger partial charge >= 0.3 is 0 Å². The van der Waals surface area contributed by atoms with Gasteiger partial charge in [-0.05, 0) is 36.2 Å². The maximum atomic E-state index is 10.5. The summed E-state index contributed by atoms with van der Waals surface area (Å²) in [6.45, 7) is 1.29. The van der Waals surface area contributed by atoms with Crippen LogP contribution in [0.3, 0.4) is 0 Å². The third kappa shape index (κ3) is 3.34. The largest absolute Gasteiger partial charge is 0.392 e. The van der Waals surface area contributed by atoms with Gasteiger partial charge in [0.25, 0.3) is 0 Å². The molecule has 0 aliphatic carbocycles. The molecule has 2 atom stereocenters. The number of aliphatic hydroxyl groups is 2. The van der Waals surface area contributed by atoms with E-state index in [-0.39, 0.29) is 12.5 Å². The van der Waals surface area contributed by atoms with Crippen molar-refractivity contribution >= 4 is 16.7 Å². The summed E-state index contributed by atoms with van der Waals surface area (Å²) >= 11 is 0. The van der Waals surface area contributed by atoms with Crippen molar-refractivity contribution in [2.24, 2.45) is 5.92 Å². The smallest absolute Gasteiger partial charge is 0.128 e. The predicted octanol–water partition coefficient (Wildman–Crippen LogP) is 2.16. The number of benzene rings is 1. The van der Waals surface area contributed by atoms with Crippen molar-refractivity contribution in [2.45, 2.75) is 19.1 Å². The minimum atomic E-state index is -0.409. The fourth-order valence-corrected chi connectivity index (χ4v) is 3.46. The van der Waals surface area contributed by atoms with Gasteiger partial charge in [0.15, 0.2) is 0 Å². The van der Waals surface area contributed by atoms with Crippen LogP contribution in [-0.4, -0.2) is 39.4 Å². The molecule has 1 aliphatic heterocycles. The van der Waals surface area contributed by atoms with Crippen LogP contribution in [-0.2, 0) is 13.0 Å². The van der Waals surface area contributed by atoms with E-state index in [0.717, 1.165) is 40.9 Å². The molecule has 128 valence electrons. The molecule has 2 N–H and O–H groups in total. The van der Waals surface area contributed by atoms with Crippen molar-refractivity contribution in [3.8, 4) is 0 Å². The maximum absolute atomic E-state index is 10.5. The Morgan fingerprint density at radius 1 is 1.08 bits per heavy atom. The topological polar surface area (TPSA) is 69.5 Å². The van der Waals surface area contributed by atoms with E-state index in [0.29, 0.717) is 6.54 Å². The van der Waals surface area contributed by atoms with E-state index < -0.39 is 6.10 Å². The zero-order valence-electron chi connectivity index (χ0n) is 13.9. The lowest BCUT2D eigenvalue weighted by Crippen LogP contribution is -2.22. The summed E-state index contributed by atoms with van der Waals surface area (Å²) in [6, 6.07) is 15.9. The Labute approximate surface area is 146 Å². The Bertz CT molecular complexity index is 883. The number of fused-ring (bicyclic) bond motifs is 1. The van der Waals surface area contributed by atoms with Gasteiger partial charge in [0.2, 0.25) is 0 Å². The van der Waals surface area contributed by atoms with Gasteiger partial charge < -0.3 is 15.1 Å². The summed E-state index contributed by atoms with van der Waals surface area (Å²) in [5.41, 5.74) is 2.82. The molecule has 2 aromatic heterocycles. The normalized spacial score (nSPS) is 20.3. The number of rotatable bonds is 4. The highest BCUT2D eigenvalue weighted by Gasteiger charge is 2.32. The lowest BCUT2D eigenvalue weighted by molar-refractivity contribution is 0.148. The maximum Gasteiger partial charge on any atom is 0.128 e. The minimum Gasteiger partial charge on any atom is -0.392 e. The molecule has 0 bridgehead atoms. The second kappa shape index (κ2) is 6.78. The Kier molecular flexibility index (Phi) is 4.34. The van der Waals surface area contributed by atoms with E-state index in [1.807, 2.05) is 30.3 Å². The van der Waals surface area contributed by atoms with Gasteiger partial charge in [-0.2, -0.15) is 0 Å². The zero-order chi connectivity index (χ0) is 17.2. The molecule has 0 radical (unpaired) electrons. The highest BCUT2D eigenvalue weighted by atomic mass is 16.3. The third-order valence-electron chi connectivity index (χ3n) is 4.85. The third-order valence-corrected chi connectivity index (χ3v) is 4.85. The zero-order valence-corrected chi connectivity index (χ0v) is 13.9. The van der Waals surface area contributed by atoms with Crippen molar-refractivity contribution in [3.63, 3.8) is 0 Å². The molecular formula is C20H21N3O2. The fourth-order valence-electron chi connectivity index (χ4n) is 3.46. The van der Waals surface area contributed by atoms with Gasteiger partial charge in [-0.3, -0.25) is 4.98 Å². The van der Waals surface area contributed by atoms with Gasteiger partial charge in [-0.15, -0.1) is 0 Å². The first-order valence-electron chi connectivity index (χ1n) is 8.56. The van der Waals surface area contributed by atoms with E-state index in [4.69, 9.17) is 4.98 Å². The number of pyridine rings is 2. The van der Waals surface area contributed by atoms with Gasteiger partial charge in [0.1, 0.15) is 5.82 Å². The van der Waals surface area contributed by atoms with Crippen LogP contribution in [0.1, 0.15) is 11.3 Å². The molecule has 4 rings (SSSR count). The van der Waals surface area contributed by atoms with Crippen molar-refractivity contribution in [1.29, 1.82) is 0 Å². The first-order valence-corrected chi connectivity index (χ1v) is 8.56. The molecule has 0 amide bonds. The van der Waals surface area contributed by atoms with E-state index in [1.165, 1.54) is 0 Å². The molecule has 1 fully saturated rings. The van der Waals surface area contributed by atoms with Crippen LogP contribution in [0, 0.1) is 5.92 Å². The highest BCUT2D eigenvalue weighted by Crippen LogP contribution is 2.26. The average Bonchev–Trinajstić information content (AvgIpc) is 3.02. The van der Waals surface area contributed by atoms with Crippen LogP contribution < -0.4 is 4.90 Å². The number of anilines is 1. The molecule has 0 saturated carbocycles. The summed E-state index contributed by atoms with van der Waals surface area (Å²) in [5.74, 6) is 0.924. The fraction of sp³-hybridized carbons (Fsp3) is 0.300. The van der Waals surface area contributed by atoms with Gasteiger partial charge in [0, 0.05) is 36.3 Å². The van der Waals surface area contributed by atoms with E-state index in [1.54, 1.807) is 12.3 Å². The van der Waals surface area contributed by atoms with E-state index >= 15 is 0 Å². The van der Waals surface area contributed by atoms with Crippen LogP contribution in [0.4, 0.5) is 5.82 Å². The molecule has 25 heavy (non-hydrogen) atoms. The summed E-state index contributed by atoms with van der Waals surface area (Å²) in [4.78, 5) is 11.2. The van der Waals surface area contributed by atoms with Crippen molar-refractivity contribution < 1.29 is 10.2 Å². The number of hydrogen-bond donors (Lipinski definition) is 2. The van der Waals surface area contributed by atoms with Crippen LogP contribution in [0.2, 0.25) is 0 Å². The van der Waals surface area contributed by atoms with Crippen LogP contribution in [0.5, 0.6) is 0 Å². The van der Waals surface area contributed by atoms with E-state index in [2.05, 4.69) is 22.0 Å². The summed E-state index contributed by atoms with van der Waals surface area (Å²) < 4.78 is 0. The number of nitrogens with zero attached hydrogens (tertiary/aromatic N) is 3. The monoisotopic (exact) mass is 335 g/mol. The van der Waals surface area contributed by atoms with Gasteiger partial charge in [0.05, 0.1) is 18.2 Å². The number of aliphatic hydroxyl groups excluding tert-OH is 2. The van der Waals surface area contributed by atoms with Crippen LogP contribution >= 0.6 is 0 Å². The van der Waals surface area contributed by atoms with Crippen molar-refractivity contribution in [1.82, 2.24) is 9.97 Å². The lowest BCUT2D eigenvalue weighted by atomic mass is 9.99. The second-order valence-corrected chi connectivity index (χ2v) is 6.61. The summed E-state index contributed by atoms with van der Waals surface area (Å²) in [7, 11) is 0. The summed E-state index contributed by atoms with van der Waals surface area (Å²) in [5, 5.41) is 20.9. The standard InChI is InChI=1S/C20H21N3O2/c24-13-14-7-8-21-20(9-14)23-11-16(19(25)12-23)10-17-6-5-15-3-1-2-4-18(15)22-17/h1-9,16,19,24-25H,10-13H2/t16-,19-/m1/s1. The average molecular weight is 335 g/mol. The molecule has 0 unspecified atom stereocenters. The van der Waals surface area contributed by atoms with Crippen LogP contribution in [0.25, 0.3) is 10.9 Å². The molecule has 3 aromatic rings. The Hall–Kier alpha value is -2.50. The second-order valence-electron chi connectivity index (χ2n) is 6.61. The van der Waals surface area contributed by atoms with Crippen LogP contribution in [0.15, 0.2) is 54.7 Å². The Balaban J connectivity index is 1.50. The van der Waals surface area contributed by atoms with Crippen molar-refractivity contribution in [3.05, 3.63) is 66.0 Å². The van der Waals surface area contributed by atoms with Gasteiger partial charge in [-0.1, -0.05) is 24.3 Å². The molecule has 1 saturated heterocycles. The predicted molar refractivity (Wildman–Crippen MR) is 97.3 cm³/mol. The molecular weight excluding hydrogens is 314 g/mol. The van der Waals surface area contributed by atoms with Gasteiger partial charge in [-0.25, -0.2) is 4.98 Å². The Morgan fingerprint density at radius 3 is 2.84 bits per heavy atom. The van der Waals surface area contributed by atoms with E-state index in [9.17, 15) is 10.2 Å². The summed E-state index contributed by atoms with van der Waals surface area (Å²) in [6.07, 6.45) is 2.03.